The molecule has 0 aliphatic rings. The van der Waals surface area contributed by atoms with Crippen molar-refractivity contribution in [3.05, 3.63) is 0 Å². The minimum absolute atomic E-state index is 0.140. The Balaban J connectivity index is 3.06. The van der Waals surface area contributed by atoms with Gasteiger partial charge in [-0.25, -0.2) is 0 Å². The van der Waals surface area contributed by atoms with E-state index in [0.717, 1.165) is 0 Å². The third-order valence-electron chi connectivity index (χ3n) is 1.03. The molecule has 10 heavy (non-hydrogen) atoms. The maximum atomic E-state index is 10.2. The van der Waals surface area contributed by atoms with E-state index in [-0.39, 0.29) is 11.5 Å². The lowest BCUT2D eigenvalue weighted by Crippen LogP contribution is -1.94. The molecule has 0 aromatic rings. The number of carbonyl (C=O) groups is 2. The van der Waals surface area contributed by atoms with Crippen LogP contribution in [-0.2, 0) is 9.59 Å². The highest BCUT2D eigenvalue weighted by atomic mass is 32.1. The molecule has 0 unspecified atom stereocenters. The van der Waals surface area contributed by atoms with Crippen molar-refractivity contribution in [2.24, 2.45) is 0 Å². The maximum absolute atomic E-state index is 10.2. The van der Waals surface area contributed by atoms with Crippen molar-refractivity contribution in [1.82, 2.24) is 0 Å². The van der Waals surface area contributed by atoms with Crippen LogP contribution in [0.4, 0.5) is 0 Å². The van der Waals surface area contributed by atoms with Gasteiger partial charge in [-0.05, 0) is 12.8 Å². The zero-order valence-electron chi connectivity index (χ0n) is 5.54. The molecular formula is C6H10O3S. The van der Waals surface area contributed by atoms with E-state index in [0.29, 0.717) is 19.3 Å². The molecule has 0 spiro atoms. The van der Waals surface area contributed by atoms with Crippen molar-refractivity contribution in [3.63, 3.8) is 0 Å². The van der Waals surface area contributed by atoms with Crippen LogP contribution in [0.1, 0.15) is 25.7 Å². The second kappa shape index (κ2) is 5.29. The molecule has 0 bridgehead atoms. The van der Waals surface area contributed by atoms with Gasteiger partial charge in [0.15, 0.2) is 5.12 Å². The van der Waals surface area contributed by atoms with Gasteiger partial charge in [0.1, 0.15) is 0 Å². The molecule has 0 rings (SSSR count). The van der Waals surface area contributed by atoms with Crippen LogP contribution >= 0.6 is 12.6 Å². The van der Waals surface area contributed by atoms with Gasteiger partial charge in [-0.1, -0.05) is 0 Å². The van der Waals surface area contributed by atoms with Crippen LogP contribution in [-0.4, -0.2) is 16.2 Å². The number of unbranched alkanes of at least 4 members (excludes halogenated alkanes) is 1. The Morgan fingerprint density at radius 2 is 1.70 bits per heavy atom. The maximum Gasteiger partial charge on any atom is 0.303 e. The van der Waals surface area contributed by atoms with Crippen molar-refractivity contribution < 1.29 is 14.7 Å². The van der Waals surface area contributed by atoms with Gasteiger partial charge in [0, 0.05) is 12.8 Å². The smallest absolute Gasteiger partial charge is 0.303 e. The lowest BCUT2D eigenvalue weighted by atomic mass is 10.2. The molecule has 0 amide bonds. The van der Waals surface area contributed by atoms with Gasteiger partial charge < -0.3 is 5.11 Å². The van der Waals surface area contributed by atoms with Crippen molar-refractivity contribution in [1.29, 1.82) is 0 Å². The first-order valence-corrected chi connectivity index (χ1v) is 3.51. The first kappa shape index (κ1) is 9.49. The van der Waals surface area contributed by atoms with Crippen LogP contribution < -0.4 is 0 Å². The highest BCUT2D eigenvalue weighted by Gasteiger charge is 1.97. The third kappa shape index (κ3) is 7.49. The summed E-state index contributed by atoms with van der Waals surface area (Å²) in [4.78, 5) is 20.1. The number of aliphatic carboxylic acids is 1. The summed E-state index contributed by atoms with van der Waals surface area (Å²) >= 11 is 3.54. The molecule has 58 valence electrons. The van der Waals surface area contributed by atoms with Gasteiger partial charge in [0.05, 0.1) is 0 Å². The lowest BCUT2D eigenvalue weighted by molar-refractivity contribution is -0.137. The van der Waals surface area contributed by atoms with E-state index in [1.165, 1.54) is 0 Å². The van der Waals surface area contributed by atoms with E-state index in [4.69, 9.17) is 5.11 Å². The molecule has 0 aliphatic carbocycles. The van der Waals surface area contributed by atoms with Gasteiger partial charge in [-0.2, -0.15) is 0 Å². The van der Waals surface area contributed by atoms with Gasteiger partial charge in [-0.3, -0.25) is 9.59 Å². The average molecular weight is 162 g/mol. The Hall–Kier alpha value is -0.510. The molecular weight excluding hydrogens is 152 g/mol. The van der Waals surface area contributed by atoms with Gasteiger partial charge in [0.2, 0.25) is 0 Å². The Bertz CT molecular complexity index is 117. The monoisotopic (exact) mass is 162 g/mol. The fourth-order valence-electron chi connectivity index (χ4n) is 0.552. The zero-order chi connectivity index (χ0) is 7.98. The summed E-state index contributed by atoms with van der Waals surface area (Å²) in [7, 11) is 0. The normalized spacial score (nSPS) is 9.30. The number of carboxylic acid groups (broad SMARTS) is 1. The van der Waals surface area contributed by atoms with Crippen LogP contribution in [0.15, 0.2) is 0 Å². The van der Waals surface area contributed by atoms with Crippen molar-refractivity contribution >= 4 is 23.7 Å². The zero-order valence-corrected chi connectivity index (χ0v) is 6.43. The predicted molar refractivity (Wildman–Crippen MR) is 40.1 cm³/mol. The Labute approximate surface area is 64.8 Å². The molecule has 0 fully saturated rings. The summed E-state index contributed by atoms with van der Waals surface area (Å²) in [6, 6.07) is 0. The molecule has 0 aromatic carbocycles. The Kier molecular flexibility index (Phi) is 5.02. The van der Waals surface area contributed by atoms with E-state index in [1.54, 1.807) is 0 Å². The fourth-order valence-corrected chi connectivity index (χ4v) is 0.711. The van der Waals surface area contributed by atoms with Crippen LogP contribution in [0.5, 0.6) is 0 Å². The molecule has 0 aliphatic heterocycles. The highest BCUT2D eigenvalue weighted by Crippen LogP contribution is 2.01. The summed E-state index contributed by atoms with van der Waals surface area (Å²) in [6.45, 7) is 0. The minimum atomic E-state index is -0.813. The number of rotatable bonds is 5. The Morgan fingerprint density at radius 1 is 1.20 bits per heavy atom. The number of hydrogen-bond donors (Lipinski definition) is 2. The number of carbonyl (C=O) groups excluding carboxylic acids is 1. The second-order valence-electron chi connectivity index (χ2n) is 1.99. The molecule has 4 heteroatoms. The highest BCUT2D eigenvalue weighted by molar-refractivity contribution is 7.96. The van der Waals surface area contributed by atoms with E-state index >= 15 is 0 Å². The molecule has 3 nitrogen and oxygen atoms in total. The average Bonchev–Trinajstić information content (AvgIpc) is 1.79. The molecule has 0 saturated heterocycles. The lowest BCUT2D eigenvalue weighted by Gasteiger charge is -1.92. The number of hydrogen-bond acceptors (Lipinski definition) is 2. The van der Waals surface area contributed by atoms with E-state index < -0.39 is 5.97 Å². The first-order chi connectivity index (χ1) is 4.63. The molecule has 0 atom stereocenters. The first-order valence-electron chi connectivity index (χ1n) is 3.06. The second-order valence-corrected chi connectivity index (χ2v) is 2.49. The van der Waals surface area contributed by atoms with Crippen molar-refractivity contribution in [2.45, 2.75) is 25.7 Å². The molecule has 0 radical (unpaired) electrons. The molecule has 0 saturated carbocycles. The van der Waals surface area contributed by atoms with Crippen molar-refractivity contribution in [2.75, 3.05) is 0 Å². The topological polar surface area (TPSA) is 54.4 Å². The number of carboxylic acids is 1. The Morgan fingerprint density at radius 3 is 2.10 bits per heavy atom. The van der Waals surface area contributed by atoms with Crippen LogP contribution in [0.3, 0.4) is 0 Å². The van der Waals surface area contributed by atoms with Gasteiger partial charge in [0.25, 0.3) is 0 Å². The predicted octanol–water partition coefficient (Wildman–Crippen LogP) is 1.09. The minimum Gasteiger partial charge on any atom is -0.481 e. The van der Waals surface area contributed by atoms with Crippen LogP contribution in [0.25, 0.3) is 0 Å². The van der Waals surface area contributed by atoms with E-state index in [1.807, 2.05) is 0 Å². The van der Waals surface area contributed by atoms with E-state index in [9.17, 15) is 9.59 Å². The van der Waals surface area contributed by atoms with Crippen LogP contribution in [0.2, 0.25) is 0 Å². The summed E-state index contributed by atoms with van der Waals surface area (Å²) in [5.41, 5.74) is 0. The summed E-state index contributed by atoms with van der Waals surface area (Å²) in [5.74, 6) is -0.813. The molecule has 1 N–H and O–H groups in total. The SMILES string of the molecule is O=C(O)CCCCC(=O)S. The van der Waals surface area contributed by atoms with E-state index in [2.05, 4.69) is 12.6 Å². The van der Waals surface area contributed by atoms with Crippen molar-refractivity contribution in [3.8, 4) is 0 Å². The summed E-state index contributed by atoms with van der Waals surface area (Å²) in [6.07, 6.45) is 1.69. The quantitative estimate of drug-likeness (QED) is 0.470. The largest absolute Gasteiger partial charge is 0.481 e. The fraction of sp³-hybridized carbons (Fsp3) is 0.667. The third-order valence-corrected chi connectivity index (χ3v) is 1.25. The molecule has 0 aromatic heterocycles. The van der Waals surface area contributed by atoms with Gasteiger partial charge in [-0.15, -0.1) is 12.6 Å². The summed E-state index contributed by atoms with van der Waals surface area (Å²) in [5, 5.41) is 8.00. The number of thiol groups is 1. The van der Waals surface area contributed by atoms with Gasteiger partial charge >= 0.3 is 5.97 Å². The molecule has 0 heterocycles. The van der Waals surface area contributed by atoms with Crippen LogP contribution in [0, 0.1) is 0 Å². The summed E-state index contributed by atoms with van der Waals surface area (Å²) < 4.78 is 0. The standard InChI is InChI=1S/C6H10O3S/c7-5(8)3-1-2-4-6(9)10/h1-4H2,(H,7,8)(H,9,10).